The number of carbonyl (C=O) groups is 1. The van der Waals surface area contributed by atoms with Crippen LogP contribution in [-0.4, -0.2) is 39.2 Å². The summed E-state index contributed by atoms with van der Waals surface area (Å²) < 4.78 is 19.3. The van der Waals surface area contributed by atoms with Gasteiger partial charge in [0.2, 0.25) is 5.89 Å². The maximum Gasteiger partial charge on any atom is 0.253 e. The van der Waals surface area contributed by atoms with Crippen molar-refractivity contribution in [3.63, 3.8) is 0 Å². The van der Waals surface area contributed by atoms with Crippen molar-refractivity contribution < 1.29 is 13.7 Å². The molecule has 3 aromatic heterocycles. The first kappa shape index (κ1) is 26.6. The molecule has 0 fully saturated rings. The van der Waals surface area contributed by atoms with Crippen LogP contribution in [0.25, 0.3) is 21.5 Å². The lowest BCUT2D eigenvalue weighted by Crippen LogP contribution is -2.33. The number of hydrogen-bond acceptors (Lipinski definition) is 7. The fraction of sp³-hybridized carbons (Fsp3) is 0.393. The van der Waals surface area contributed by atoms with Gasteiger partial charge in [0.15, 0.2) is 11.5 Å². The molecule has 194 valence electrons. The van der Waals surface area contributed by atoms with Crippen LogP contribution in [0.1, 0.15) is 62.2 Å². The molecule has 0 saturated heterocycles. The molecule has 0 aliphatic rings. The normalized spacial score (nSPS) is 11.4. The van der Waals surface area contributed by atoms with Crippen LogP contribution < -0.4 is 4.90 Å². The highest BCUT2D eigenvalue weighted by Crippen LogP contribution is 2.29. The zero-order chi connectivity index (χ0) is 26.4. The molecular weight excluding hydrogens is 489 g/mol. The predicted octanol–water partition coefficient (Wildman–Crippen LogP) is 6.83. The van der Waals surface area contributed by atoms with Crippen LogP contribution in [0.15, 0.2) is 53.2 Å². The molecule has 37 heavy (non-hydrogen) atoms. The van der Waals surface area contributed by atoms with Crippen LogP contribution in [0.4, 0.5) is 10.1 Å². The zero-order valence-electron chi connectivity index (χ0n) is 21.5. The molecule has 0 aliphatic carbocycles. The van der Waals surface area contributed by atoms with Gasteiger partial charge in [-0.25, -0.2) is 9.97 Å². The van der Waals surface area contributed by atoms with E-state index in [9.17, 15) is 9.18 Å². The topological polar surface area (TPSA) is 85.0 Å². The van der Waals surface area contributed by atoms with E-state index in [0.717, 1.165) is 57.3 Å². The Morgan fingerprint density at radius 1 is 1.16 bits per heavy atom. The Morgan fingerprint density at radius 3 is 2.76 bits per heavy atom. The van der Waals surface area contributed by atoms with Crippen LogP contribution in [-0.2, 0) is 11.2 Å². The van der Waals surface area contributed by atoms with Gasteiger partial charge in [-0.1, -0.05) is 44.1 Å². The number of alkyl halides is 1. The minimum atomic E-state index is -0.610. The molecule has 0 N–H and O–H groups in total. The van der Waals surface area contributed by atoms with Crippen LogP contribution in [0.2, 0.25) is 0 Å². The molecule has 4 rings (SSSR count). The van der Waals surface area contributed by atoms with Crippen molar-refractivity contribution in [2.45, 2.75) is 58.8 Å². The van der Waals surface area contributed by atoms with Crippen LogP contribution in [0.3, 0.4) is 0 Å². The summed E-state index contributed by atoms with van der Waals surface area (Å²) in [5, 5.41) is 4.98. The van der Waals surface area contributed by atoms with Gasteiger partial charge in [-0.15, -0.1) is 11.3 Å². The molecule has 0 atom stereocenters. The van der Waals surface area contributed by atoms with Gasteiger partial charge in [0.25, 0.3) is 5.91 Å². The lowest BCUT2D eigenvalue weighted by Gasteiger charge is -2.24. The number of fused-ring (bicyclic) bond motifs is 1. The van der Waals surface area contributed by atoms with Gasteiger partial charge in [-0.3, -0.25) is 9.18 Å². The highest BCUT2D eigenvalue weighted by atomic mass is 32.1. The third kappa shape index (κ3) is 6.65. The second-order valence-corrected chi connectivity index (χ2v) is 10.6. The average Bonchev–Trinajstić information content (AvgIpc) is 3.51. The summed E-state index contributed by atoms with van der Waals surface area (Å²) in [6.45, 7) is 9.75. The molecule has 0 saturated carbocycles. The minimum absolute atomic E-state index is 0.0235. The number of thiazole rings is 1. The van der Waals surface area contributed by atoms with E-state index in [1.807, 2.05) is 45.0 Å². The van der Waals surface area contributed by atoms with Crippen molar-refractivity contribution in [2.24, 2.45) is 0 Å². The first-order chi connectivity index (χ1) is 17.9. The van der Waals surface area contributed by atoms with E-state index in [4.69, 9.17) is 4.52 Å². The van der Waals surface area contributed by atoms with Gasteiger partial charge in [0.1, 0.15) is 0 Å². The van der Waals surface area contributed by atoms with E-state index >= 15 is 0 Å². The van der Waals surface area contributed by atoms with E-state index in [1.165, 1.54) is 0 Å². The summed E-state index contributed by atoms with van der Waals surface area (Å²) >= 11 is 1.60. The Kier molecular flexibility index (Phi) is 8.76. The van der Waals surface area contributed by atoms with E-state index < -0.39 is 6.67 Å². The van der Waals surface area contributed by atoms with Gasteiger partial charge in [-0.05, 0) is 43.5 Å². The zero-order valence-corrected chi connectivity index (χ0v) is 22.4. The molecule has 0 radical (unpaired) electrons. The number of benzene rings is 1. The Hall–Kier alpha value is -3.46. The van der Waals surface area contributed by atoms with Crippen molar-refractivity contribution in [1.29, 1.82) is 0 Å². The summed E-state index contributed by atoms with van der Waals surface area (Å²) in [5.74, 6) is 1.34. The van der Waals surface area contributed by atoms with Gasteiger partial charge in [-0.2, -0.15) is 4.98 Å². The van der Waals surface area contributed by atoms with Crippen molar-refractivity contribution >= 4 is 33.3 Å². The van der Waals surface area contributed by atoms with Crippen molar-refractivity contribution in [3.8, 4) is 11.1 Å². The number of pyridine rings is 1. The van der Waals surface area contributed by atoms with Gasteiger partial charge in [0.05, 0.1) is 16.4 Å². The van der Waals surface area contributed by atoms with Crippen LogP contribution >= 0.6 is 11.3 Å². The quantitative estimate of drug-likeness (QED) is 0.150. The van der Waals surface area contributed by atoms with Crippen LogP contribution in [0, 0.1) is 6.92 Å². The number of anilines is 1. The molecule has 0 unspecified atom stereocenters. The first-order valence-corrected chi connectivity index (χ1v) is 13.4. The Balaban J connectivity index is 1.47. The molecule has 3 heterocycles. The van der Waals surface area contributed by atoms with Crippen molar-refractivity contribution in [2.75, 3.05) is 18.1 Å². The molecule has 7 nitrogen and oxygen atoms in total. The molecule has 0 aliphatic heterocycles. The maximum atomic E-state index is 13.2. The average molecular weight is 522 g/mol. The van der Waals surface area contributed by atoms with E-state index in [2.05, 4.69) is 32.8 Å². The number of rotatable bonds is 12. The number of nitrogens with zero attached hydrogens (tertiary/aromatic N) is 5. The summed E-state index contributed by atoms with van der Waals surface area (Å²) in [7, 11) is 0. The number of halogens is 1. The SMILES string of the molecule is C=C(CCF)C(=O)N(CCCCCc1nc(C(C)C)no1)c1cccc(-c2cnc3nc(C)sc3c2)c1. The van der Waals surface area contributed by atoms with E-state index in [0.29, 0.717) is 18.9 Å². The first-order valence-electron chi connectivity index (χ1n) is 12.6. The van der Waals surface area contributed by atoms with Gasteiger partial charge >= 0.3 is 0 Å². The van der Waals surface area contributed by atoms with E-state index in [1.54, 1.807) is 22.4 Å². The summed E-state index contributed by atoms with van der Waals surface area (Å²) in [6.07, 6.45) is 5.05. The fourth-order valence-corrected chi connectivity index (χ4v) is 4.85. The number of unbranched alkanes of at least 4 members (excludes halogenated alkanes) is 2. The number of aryl methyl sites for hydroxylation is 2. The lowest BCUT2D eigenvalue weighted by atomic mass is 10.1. The smallest absolute Gasteiger partial charge is 0.253 e. The maximum absolute atomic E-state index is 13.2. The van der Waals surface area contributed by atoms with E-state index in [-0.39, 0.29) is 23.8 Å². The van der Waals surface area contributed by atoms with Crippen LogP contribution in [0.5, 0.6) is 0 Å². The molecule has 0 spiro atoms. The third-order valence-corrected chi connectivity index (χ3v) is 6.97. The molecule has 4 aromatic rings. The molecule has 1 aromatic carbocycles. The summed E-state index contributed by atoms with van der Waals surface area (Å²) in [4.78, 5) is 28.3. The standard InChI is InChI=1S/C28H32FN5O2S/c1-18(2)26-32-25(36-33-26)11-6-5-7-14-34(28(35)19(3)12-13-29)23-10-8-9-21(15-23)22-16-24-27(30-17-22)31-20(4)37-24/h8-10,15-18H,3,5-7,11-14H2,1-2,4H3. The number of amides is 1. The van der Waals surface area contributed by atoms with Gasteiger partial charge in [0, 0.05) is 48.3 Å². The summed E-state index contributed by atoms with van der Waals surface area (Å²) in [6, 6.07) is 9.87. The minimum Gasteiger partial charge on any atom is -0.339 e. The second kappa shape index (κ2) is 12.2. The monoisotopic (exact) mass is 521 g/mol. The Labute approximate surface area is 220 Å². The largest absolute Gasteiger partial charge is 0.339 e. The highest BCUT2D eigenvalue weighted by Gasteiger charge is 2.19. The lowest BCUT2D eigenvalue weighted by molar-refractivity contribution is -0.115. The molecular formula is C28H32FN5O2S. The molecule has 0 bridgehead atoms. The third-order valence-electron chi connectivity index (χ3n) is 6.06. The molecule has 1 amide bonds. The van der Waals surface area contributed by atoms with Crippen molar-refractivity contribution in [3.05, 3.63) is 65.4 Å². The molecule has 9 heteroatoms. The Bertz CT molecular complexity index is 1380. The predicted molar refractivity (Wildman–Crippen MR) is 146 cm³/mol. The van der Waals surface area contributed by atoms with Gasteiger partial charge < -0.3 is 9.42 Å². The summed E-state index contributed by atoms with van der Waals surface area (Å²) in [5.41, 5.74) is 3.66. The number of hydrogen-bond donors (Lipinski definition) is 0. The number of carbonyl (C=O) groups excluding carboxylic acids is 1. The highest BCUT2D eigenvalue weighted by molar-refractivity contribution is 7.18. The number of aromatic nitrogens is 4. The Morgan fingerprint density at radius 2 is 2.00 bits per heavy atom. The fourth-order valence-electron chi connectivity index (χ4n) is 4.03. The van der Waals surface area contributed by atoms with Crippen molar-refractivity contribution in [1.82, 2.24) is 20.1 Å². The second-order valence-electron chi connectivity index (χ2n) is 9.34.